The Morgan fingerprint density at radius 3 is 3.00 bits per heavy atom. The van der Waals surface area contributed by atoms with Crippen molar-refractivity contribution in [2.24, 2.45) is 0 Å². The summed E-state index contributed by atoms with van der Waals surface area (Å²) in [7, 11) is 1.67. The van der Waals surface area contributed by atoms with Gasteiger partial charge in [-0.15, -0.1) is 11.3 Å². The van der Waals surface area contributed by atoms with Crippen molar-refractivity contribution in [1.29, 1.82) is 5.26 Å². The summed E-state index contributed by atoms with van der Waals surface area (Å²) in [6, 6.07) is 8.08. The van der Waals surface area contributed by atoms with E-state index in [0.29, 0.717) is 6.42 Å². The molecule has 1 heterocycles. The summed E-state index contributed by atoms with van der Waals surface area (Å²) in [5, 5.41) is 11.8. The Morgan fingerprint density at radius 1 is 1.43 bits per heavy atom. The third-order valence-electron chi connectivity index (χ3n) is 2.16. The standard InChI is InChI=1S/C11H9NOS/c1-13-10-3-2-8(4-6-12)9-5-7-14-11(9)10/h2-3,5,7H,4H2,1H3. The molecule has 1 aromatic heterocycles. The van der Waals surface area contributed by atoms with Gasteiger partial charge in [0.25, 0.3) is 0 Å². The molecule has 0 bridgehead atoms. The highest BCUT2D eigenvalue weighted by Crippen LogP contribution is 2.33. The number of ether oxygens (including phenoxy) is 1. The molecule has 0 aliphatic heterocycles. The molecule has 0 atom stereocenters. The monoisotopic (exact) mass is 203 g/mol. The summed E-state index contributed by atoms with van der Waals surface area (Å²) < 4.78 is 6.37. The molecule has 1 aromatic carbocycles. The van der Waals surface area contributed by atoms with Crippen LogP contribution >= 0.6 is 11.3 Å². The molecule has 3 heteroatoms. The second-order valence-electron chi connectivity index (χ2n) is 2.93. The van der Waals surface area contributed by atoms with Crippen LogP contribution in [0.15, 0.2) is 23.6 Å². The largest absolute Gasteiger partial charge is 0.495 e. The summed E-state index contributed by atoms with van der Waals surface area (Å²) in [5.74, 6) is 0.886. The van der Waals surface area contributed by atoms with E-state index in [-0.39, 0.29) is 0 Å². The summed E-state index contributed by atoms with van der Waals surface area (Å²) >= 11 is 1.64. The zero-order valence-corrected chi connectivity index (χ0v) is 8.60. The molecule has 2 nitrogen and oxygen atoms in total. The van der Waals surface area contributed by atoms with Gasteiger partial charge in [-0.05, 0) is 23.1 Å². The van der Waals surface area contributed by atoms with E-state index >= 15 is 0 Å². The van der Waals surface area contributed by atoms with Gasteiger partial charge in [0.15, 0.2) is 0 Å². The molecule has 0 saturated carbocycles. The molecule has 0 aliphatic carbocycles. The minimum atomic E-state index is 0.456. The van der Waals surface area contributed by atoms with Crippen molar-refractivity contribution in [3.05, 3.63) is 29.1 Å². The van der Waals surface area contributed by atoms with Gasteiger partial charge in [0, 0.05) is 5.39 Å². The quantitative estimate of drug-likeness (QED) is 0.751. The Hall–Kier alpha value is -1.53. The molecule has 0 radical (unpaired) electrons. The lowest BCUT2D eigenvalue weighted by atomic mass is 10.1. The summed E-state index contributed by atoms with van der Waals surface area (Å²) in [6.45, 7) is 0. The van der Waals surface area contributed by atoms with Crippen LogP contribution in [0.5, 0.6) is 5.75 Å². The van der Waals surface area contributed by atoms with E-state index < -0.39 is 0 Å². The Morgan fingerprint density at radius 2 is 2.29 bits per heavy atom. The van der Waals surface area contributed by atoms with Crippen LogP contribution in [0.4, 0.5) is 0 Å². The van der Waals surface area contributed by atoms with Crippen LogP contribution in [-0.4, -0.2) is 7.11 Å². The smallest absolute Gasteiger partial charge is 0.136 e. The number of hydrogen-bond donors (Lipinski definition) is 0. The first kappa shape index (κ1) is 9.04. The van der Waals surface area contributed by atoms with Gasteiger partial charge in [-0.2, -0.15) is 5.26 Å². The molecule has 0 saturated heterocycles. The van der Waals surface area contributed by atoms with Gasteiger partial charge in [-0.3, -0.25) is 0 Å². The van der Waals surface area contributed by atoms with Gasteiger partial charge in [0.2, 0.25) is 0 Å². The predicted molar refractivity (Wildman–Crippen MR) is 57.7 cm³/mol. The molecular formula is C11H9NOS. The highest BCUT2D eigenvalue weighted by Gasteiger charge is 2.06. The van der Waals surface area contributed by atoms with Gasteiger partial charge in [0.05, 0.1) is 24.3 Å². The van der Waals surface area contributed by atoms with Crippen LogP contribution in [0.25, 0.3) is 10.1 Å². The Labute approximate surface area is 86.4 Å². The average molecular weight is 203 g/mol. The van der Waals surface area contributed by atoms with E-state index in [0.717, 1.165) is 21.4 Å². The molecule has 14 heavy (non-hydrogen) atoms. The highest BCUT2D eigenvalue weighted by molar-refractivity contribution is 7.17. The maximum absolute atomic E-state index is 8.67. The number of benzene rings is 1. The van der Waals surface area contributed by atoms with Crippen LogP contribution in [0.1, 0.15) is 5.56 Å². The summed E-state index contributed by atoms with van der Waals surface area (Å²) in [6.07, 6.45) is 0.456. The Bertz CT molecular complexity index is 495. The van der Waals surface area contributed by atoms with Crippen LogP contribution in [0.2, 0.25) is 0 Å². The van der Waals surface area contributed by atoms with E-state index in [1.165, 1.54) is 0 Å². The lowest BCUT2D eigenvalue weighted by Crippen LogP contribution is -1.86. The first-order valence-corrected chi connectivity index (χ1v) is 5.15. The fourth-order valence-electron chi connectivity index (χ4n) is 1.49. The van der Waals surface area contributed by atoms with Crippen molar-refractivity contribution >= 4 is 21.4 Å². The molecule has 70 valence electrons. The lowest BCUT2D eigenvalue weighted by Gasteiger charge is -2.03. The van der Waals surface area contributed by atoms with Crippen molar-refractivity contribution in [2.45, 2.75) is 6.42 Å². The molecule has 2 rings (SSSR count). The number of fused-ring (bicyclic) bond motifs is 1. The number of rotatable bonds is 2. The van der Waals surface area contributed by atoms with Crippen molar-refractivity contribution < 1.29 is 4.74 Å². The van der Waals surface area contributed by atoms with E-state index in [4.69, 9.17) is 10.00 Å². The maximum atomic E-state index is 8.67. The number of nitriles is 1. The van der Waals surface area contributed by atoms with Crippen LogP contribution in [0, 0.1) is 11.3 Å². The SMILES string of the molecule is COc1ccc(CC#N)c2ccsc12. The fourth-order valence-corrected chi connectivity index (χ4v) is 2.43. The van der Waals surface area contributed by atoms with E-state index in [1.54, 1.807) is 18.4 Å². The third kappa shape index (κ3) is 1.34. The van der Waals surface area contributed by atoms with Crippen molar-refractivity contribution in [1.82, 2.24) is 0 Å². The number of methoxy groups -OCH3 is 1. The maximum Gasteiger partial charge on any atom is 0.136 e. The molecule has 0 unspecified atom stereocenters. The highest BCUT2D eigenvalue weighted by atomic mass is 32.1. The van der Waals surface area contributed by atoms with E-state index in [1.807, 2.05) is 23.6 Å². The molecule has 0 fully saturated rings. The molecule has 0 spiro atoms. The second-order valence-corrected chi connectivity index (χ2v) is 3.84. The zero-order valence-electron chi connectivity index (χ0n) is 7.78. The van der Waals surface area contributed by atoms with Gasteiger partial charge >= 0.3 is 0 Å². The predicted octanol–water partition coefficient (Wildman–Crippen LogP) is 2.98. The molecule has 0 aliphatic rings. The third-order valence-corrected chi connectivity index (χ3v) is 3.09. The second kappa shape index (κ2) is 3.69. The Balaban J connectivity index is 2.67. The first-order chi connectivity index (χ1) is 6.86. The Kier molecular flexibility index (Phi) is 2.38. The summed E-state index contributed by atoms with van der Waals surface area (Å²) in [4.78, 5) is 0. The zero-order chi connectivity index (χ0) is 9.97. The molecule has 0 N–H and O–H groups in total. The average Bonchev–Trinajstić information content (AvgIpc) is 2.67. The minimum absolute atomic E-state index is 0.456. The van der Waals surface area contributed by atoms with Gasteiger partial charge in [0.1, 0.15) is 5.75 Å². The van der Waals surface area contributed by atoms with Crippen molar-refractivity contribution in [2.75, 3.05) is 7.11 Å². The van der Waals surface area contributed by atoms with Crippen LogP contribution < -0.4 is 4.74 Å². The first-order valence-electron chi connectivity index (χ1n) is 4.27. The molecular weight excluding hydrogens is 194 g/mol. The van der Waals surface area contributed by atoms with E-state index in [9.17, 15) is 0 Å². The number of thiophene rings is 1. The van der Waals surface area contributed by atoms with Gasteiger partial charge in [-0.1, -0.05) is 6.07 Å². The van der Waals surface area contributed by atoms with Crippen LogP contribution in [-0.2, 0) is 6.42 Å². The molecule has 0 amide bonds. The lowest BCUT2D eigenvalue weighted by molar-refractivity contribution is 0.420. The topological polar surface area (TPSA) is 33.0 Å². The van der Waals surface area contributed by atoms with Crippen molar-refractivity contribution in [3.63, 3.8) is 0 Å². The minimum Gasteiger partial charge on any atom is -0.495 e. The normalized spacial score (nSPS) is 10.0. The molecule has 2 aromatic rings. The summed E-state index contributed by atoms with van der Waals surface area (Å²) in [5.41, 5.74) is 1.07. The van der Waals surface area contributed by atoms with Gasteiger partial charge in [-0.25, -0.2) is 0 Å². The van der Waals surface area contributed by atoms with Gasteiger partial charge < -0.3 is 4.74 Å². The van der Waals surface area contributed by atoms with Crippen molar-refractivity contribution in [3.8, 4) is 11.8 Å². The number of hydrogen-bond acceptors (Lipinski definition) is 3. The van der Waals surface area contributed by atoms with Crippen LogP contribution in [0.3, 0.4) is 0 Å². The van der Waals surface area contributed by atoms with E-state index in [2.05, 4.69) is 6.07 Å². The fraction of sp³-hybridized carbons (Fsp3) is 0.182. The number of nitrogens with zero attached hydrogens (tertiary/aromatic N) is 1.